The van der Waals surface area contributed by atoms with E-state index in [1.807, 2.05) is 25.1 Å². The summed E-state index contributed by atoms with van der Waals surface area (Å²) in [5.74, 6) is 0.670. The average Bonchev–Trinajstić information content (AvgIpc) is 2.93. The summed E-state index contributed by atoms with van der Waals surface area (Å²) in [6.07, 6.45) is 0.767. The van der Waals surface area contributed by atoms with Crippen molar-refractivity contribution >= 4 is 22.4 Å². The summed E-state index contributed by atoms with van der Waals surface area (Å²) in [7, 11) is 0. The molecule has 92 valence electrons. The van der Waals surface area contributed by atoms with Gasteiger partial charge in [0.15, 0.2) is 11.5 Å². The highest BCUT2D eigenvalue weighted by Gasteiger charge is 2.09. The molecule has 2 aromatic heterocycles. The summed E-state index contributed by atoms with van der Waals surface area (Å²) < 4.78 is 5.44. The maximum absolute atomic E-state index is 5.50. The predicted octanol–water partition coefficient (Wildman–Crippen LogP) is 2.16. The van der Waals surface area contributed by atoms with Gasteiger partial charge in [0.05, 0.1) is 0 Å². The molecule has 0 fully saturated rings. The summed E-state index contributed by atoms with van der Waals surface area (Å²) >= 11 is 1.57. The van der Waals surface area contributed by atoms with Crippen LogP contribution in [0.1, 0.15) is 10.9 Å². The number of aromatic nitrogens is 3. The predicted molar refractivity (Wildman–Crippen MR) is 70.4 cm³/mol. The zero-order valence-corrected chi connectivity index (χ0v) is 10.7. The highest BCUT2D eigenvalue weighted by atomic mass is 32.1. The molecule has 3 rings (SSSR count). The average molecular weight is 260 g/mol. The van der Waals surface area contributed by atoms with Crippen LogP contribution in [0, 0.1) is 6.92 Å². The maximum atomic E-state index is 5.50. The van der Waals surface area contributed by atoms with Gasteiger partial charge in [0.1, 0.15) is 15.5 Å². The van der Waals surface area contributed by atoms with Crippen LogP contribution >= 0.6 is 11.3 Å². The molecule has 0 aliphatic carbocycles. The van der Waals surface area contributed by atoms with Crippen molar-refractivity contribution in [2.75, 3.05) is 6.54 Å². The smallest absolute Gasteiger partial charge is 0.192 e. The molecule has 2 heterocycles. The molecule has 5 nitrogen and oxygen atoms in total. The third kappa shape index (κ3) is 2.00. The molecule has 0 spiro atoms. The highest BCUT2D eigenvalue weighted by molar-refractivity contribution is 7.14. The highest BCUT2D eigenvalue weighted by Crippen LogP contribution is 2.27. The third-order valence-corrected chi connectivity index (χ3v) is 3.60. The first-order valence-corrected chi connectivity index (χ1v) is 6.48. The fraction of sp³-hybridized carbons (Fsp3) is 0.250. The van der Waals surface area contributed by atoms with Crippen LogP contribution in [0.25, 0.3) is 21.7 Å². The van der Waals surface area contributed by atoms with Crippen molar-refractivity contribution in [2.24, 2.45) is 5.73 Å². The van der Waals surface area contributed by atoms with Gasteiger partial charge in [-0.1, -0.05) is 11.3 Å². The van der Waals surface area contributed by atoms with Crippen molar-refractivity contribution in [3.05, 3.63) is 29.1 Å². The second kappa shape index (κ2) is 4.47. The molecule has 1 aromatic carbocycles. The van der Waals surface area contributed by atoms with Crippen LogP contribution in [0.5, 0.6) is 0 Å². The van der Waals surface area contributed by atoms with Crippen LogP contribution < -0.4 is 5.73 Å². The molecular weight excluding hydrogens is 248 g/mol. The number of hydrogen-bond acceptors (Lipinski definition) is 6. The first-order valence-electron chi connectivity index (χ1n) is 5.66. The number of aryl methyl sites for hydroxylation is 1. The van der Waals surface area contributed by atoms with E-state index in [-0.39, 0.29) is 0 Å². The summed E-state index contributed by atoms with van der Waals surface area (Å²) in [4.78, 5) is 4.31. The maximum Gasteiger partial charge on any atom is 0.192 e. The van der Waals surface area contributed by atoms with Crippen LogP contribution in [0.2, 0.25) is 0 Å². The van der Waals surface area contributed by atoms with Gasteiger partial charge < -0.3 is 10.2 Å². The van der Waals surface area contributed by atoms with E-state index in [2.05, 4.69) is 15.2 Å². The molecule has 0 saturated carbocycles. The fourth-order valence-electron chi connectivity index (χ4n) is 1.77. The zero-order chi connectivity index (χ0) is 12.5. The summed E-state index contributed by atoms with van der Waals surface area (Å²) in [5, 5.41) is 10.1. The molecule has 0 amide bonds. The number of oxazole rings is 1. The lowest BCUT2D eigenvalue weighted by atomic mass is 10.2. The molecule has 3 aromatic rings. The monoisotopic (exact) mass is 260 g/mol. The minimum Gasteiger partial charge on any atom is -0.441 e. The number of nitrogens with two attached hydrogens (primary N) is 1. The van der Waals surface area contributed by atoms with Crippen molar-refractivity contribution in [1.29, 1.82) is 0 Å². The van der Waals surface area contributed by atoms with Crippen molar-refractivity contribution in [1.82, 2.24) is 15.2 Å². The van der Waals surface area contributed by atoms with Gasteiger partial charge in [-0.05, 0) is 24.7 Å². The van der Waals surface area contributed by atoms with E-state index in [9.17, 15) is 0 Å². The second-order valence-electron chi connectivity index (χ2n) is 3.96. The summed E-state index contributed by atoms with van der Waals surface area (Å²) in [6, 6.07) is 5.85. The Bertz CT molecular complexity index is 688. The number of hydrogen-bond donors (Lipinski definition) is 1. The SMILES string of the molecule is Cc1nc2cc(-c3nnc(CCN)s3)ccc2o1. The van der Waals surface area contributed by atoms with Crippen LogP contribution in [0.3, 0.4) is 0 Å². The molecule has 0 aliphatic heterocycles. The van der Waals surface area contributed by atoms with Crippen LogP contribution in [0.15, 0.2) is 22.6 Å². The van der Waals surface area contributed by atoms with Gasteiger partial charge in [0.2, 0.25) is 0 Å². The molecule has 0 radical (unpaired) electrons. The van der Waals surface area contributed by atoms with E-state index >= 15 is 0 Å². The molecule has 0 aliphatic rings. The van der Waals surface area contributed by atoms with Gasteiger partial charge in [0, 0.05) is 18.9 Å². The minimum absolute atomic E-state index is 0.593. The van der Waals surface area contributed by atoms with Crippen molar-refractivity contribution in [2.45, 2.75) is 13.3 Å². The molecule has 6 heteroatoms. The second-order valence-corrected chi connectivity index (χ2v) is 5.02. The normalized spacial score (nSPS) is 11.2. The van der Waals surface area contributed by atoms with Gasteiger partial charge in [-0.15, -0.1) is 10.2 Å². The Hall–Kier alpha value is -1.79. The summed E-state index contributed by atoms with van der Waals surface area (Å²) in [5.41, 5.74) is 8.15. The standard InChI is InChI=1S/C12H12N4OS/c1-7-14-9-6-8(2-3-10(9)17-7)12-16-15-11(18-12)4-5-13/h2-3,6H,4-5,13H2,1H3. The topological polar surface area (TPSA) is 77.8 Å². The number of fused-ring (bicyclic) bond motifs is 1. The van der Waals surface area contributed by atoms with Crippen LogP contribution in [-0.2, 0) is 6.42 Å². The Labute approximate surface area is 108 Å². The molecule has 0 saturated heterocycles. The lowest BCUT2D eigenvalue weighted by Crippen LogP contribution is -2.01. The Morgan fingerprint density at radius 3 is 3.06 bits per heavy atom. The largest absolute Gasteiger partial charge is 0.441 e. The molecule has 0 unspecified atom stereocenters. The van der Waals surface area contributed by atoms with E-state index in [1.54, 1.807) is 11.3 Å². The Balaban J connectivity index is 2.01. The van der Waals surface area contributed by atoms with Crippen molar-refractivity contribution in [3.8, 4) is 10.6 Å². The molecule has 2 N–H and O–H groups in total. The van der Waals surface area contributed by atoms with Crippen molar-refractivity contribution in [3.63, 3.8) is 0 Å². The number of benzene rings is 1. The van der Waals surface area contributed by atoms with E-state index in [0.29, 0.717) is 12.4 Å². The first kappa shape index (κ1) is 11.3. The van der Waals surface area contributed by atoms with E-state index < -0.39 is 0 Å². The van der Waals surface area contributed by atoms with Gasteiger partial charge in [-0.25, -0.2) is 4.98 Å². The molecular formula is C12H12N4OS. The summed E-state index contributed by atoms with van der Waals surface area (Å²) in [6.45, 7) is 2.43. The van der Waals surface area contributed by atoms with E-state index in [4.69, 9.17) is 10.2 Å². The Morgan fingerprint density at radius 2 is 2.22 bits per heavy atom. The molecule has 18 heavy (non-hydrogen) atoms. The first-order chi connectivity index (χ1) is 8.76. The van der Waals surface area contributed by atoms with Gasteiger partial charge in [-0.2, -0.15) is 0 Å². The molecule has 0 atom stereocenters. The fourth-order valence-corrected chi connectivity index (χ4v) is 2.62. The lowest BCUT2D eigenvalue weighted by molar-refractivity contribution is 0.561. The molecule has 0 bridgehead atoms. The lowest BCUT2D eigenvalue weighted by Gasteiger charge is -1.93. The number of nitrogens with zero attached hydrogens (tertiary/aromatic N) is 3. The van der Waals surface area contributed by atoms with Crippen LogP contribution in [-0.4, -0.2) is 21.7 Å². The van der Waals surface area contributed by atoms with Crippen molar-refractivity contribution < 1.29 is 4.42 Å². The van der Waals surface area contributed by atoms with E-state index in [0.717, 1.165) is 33.1 Å². The van der Waals surface area contributed by atoms with Gasteiger partial charge in [0.25, 0.3) is 0 Å². The van der Waals surface area contributed by atoms with Crippen LogP contribution in [0.4, 0.5) is 0 Å². The third-order valence-electron chi connectivity index (χ3n) is 2.57. The minimum atomic E-state index is 0.593. The Morgan fingerprint density at radius 1 is 1.33 bits per heavy atom. The number of rotatable bonds is 3. The zero-order valence-electron chi connectivity index (χ0n) is 9.88. The Kier molecular flexibility index (Phi) is 2.81. The van der Waals surface area contributed by atoms with Gasteiger partial charge in [-0.3, -0.25) is 0 Å². The van der Waals surface area contributed by atoms with E-state index in [1.165, 1.54) is 0 Å². The van der Waals surface area contributed by atoms with Gasteiger partial charge >= 0.3 is 0 Å². The quantitative estimate of drug-likeness (QED) is 0.780.